The number of hydrogen-bond donors (Lipinski definition) is 0. The van der Waals surface area contributed by atoms with Crippen molar-refractivity contribution in [3.05, 3.63) is 158 Å². The Morgan fingerprint density at radius 3 is 1.44 bits per heavy atom. The maximum absolute atomic E-state index is 5.09. The van der Waals surface area contributed by atoms with Crippen molar-refractivity contribution in [3.8, 4) is 67.0 Å². The fraction of sp³-hybridized carbons (Fsp3) is 0. The summed E-state index contributed by atoms with van der Waals surface area (Å²) in [6.45, 7) is 0. The van der Waals surface area contributed by atoms with Crippen molar-refractivity contribution in [2.75, 3.05) is 0 Å². The van der Waals surface area contributed by atoms with E-state index in [1.54, 1.807) is 11.3 Å². The highest BCUT2D eigenvalue weighted by Gasteiger charge is 2.18. The van der Waals surface area contributed by atoms with Crippen LogP contribution in [-0.2, 0) is 0 Å². The zero-order valence-corrected chi connectivity index (χ0v) is 25.0. The van der Waals surface area contributed by atoms with Gasteiger partial charge in [-0.15, -0.1) is 11.3 Å². The first-order valence-electron chi connectivity index (χ1n) is 14.8. The van der Waals surface area contributed by atoms with Crippen LogP contribution in [0.1, 0.15) is 0 Å². The molecule has 0 unspecified atom stereocenters. The molecule has 4 nitrogen and oxygen atoms in total. The lowest BCUT2D eigenvalue weighted by Gasteiger charge is -2.12. The van der Waals surface area contributed by atoms with Gasteiger partial charge in [0, 0.05) is 27.8 Å². The van der Waals surface area contributed by atoms with Crippen molar-refractivity contribution in [2.24, 2.45) is 0 Å². The van der Waals surface area contributed by atoms with Gasteiger partial charge in [-0.3, -0.25) is 0 Å². The molecule has 8 aromatic rings. The summed E-state index contributed by atoms with van der Waals surface area (Å²) < 4.78 is 1.14. The zero-order chi connectivity index (χ0) is 30.0. The molecule has 6 aromatic carbocycles. The molecule has 0 saturated carbocycles. The fourth-order valence-electron chi connectivity index (χ4n) is 5.56. The Bertz CT molecular complexity index is 2250. The molecule has 0 N–H and O–H groups in total. The van der Waals surface area contributed by atoms with Gasteiger partial charge in [0.15, 0.2) is 17.5 Å². The number of rotatable bonds is 6. The van der Waals surface area contributed by atoms with Crippen molar-refractivity contribution >= 4 is 21.6 Å². The van der Waals surface area contributed by atoms with Crippen LogP contribution in [0.4, 0.5) is 0 Å². The molecule has 0 radical (unpaired) electrons. The van der Waals surface area contributed by atoms with Gasteiger partial charge in [0.05, 0.1) is 10.2 Å². The van der Waals surface area contributed by atoms with E-state index in [1.165, 1.54) is 5.56 Å². The van der Waals surface area contributed by atoms with E-state index in [2.05, 4.69) is 109 Å². The summed E-state index contributed by atoms with van der Waals surface area (Å²) in [6.07, 6.45) is 0. The van der Waals surface area contributed by atoms with Gasteiger partial charge >= 0.3 is 0 Å². The SMILES string of the molecule is c1ccc(-c2ccc(-c3nc(-c4ccccc4)nc(-c4ccccc4-c4cccc5nc(-c6ccccc6)sc45)n3)cc2)cc1. The molecule has 0 amide bonds. The second-order valence-electron chi connectivity index (χ2n) is 10.7. The van der Waals surface area contributed by atoms with Gasteiger partial charge in [-0.05, 0) is 22.8 Å². The first kappa shape index (κ1) is 26.8. The number of hydrogen-bond acceptors (Lipinski definition) is 5. The van der Waals surface area contributed by atoms with Gasteiger partial charge in [-0.1, -0.05) is 152 Å². The molecule has 0 aliphatic heterocycles. The Hall–Kier alpha value is -5.78. The minimum atomic E-state index is 0.631. The molecule has 0 spiro atoms. The Balaban J connectivity index is 1.28. The lowest BCUT2D eigenvalue weighted by molar-refractivity contribution is 1.07. The largest absolute Gasteiger partial charge is 0.236 e. The van der Waals surface area contributed by atoms with Gasteiger partial charge in [-0.2, -0.15) is 0 Å². The molecule has 2 aromatic heterocycles. The predicted molar refractivity (Wildman–Crippen MR) is 186 cm³/mol. The van der Waals surface area contributed by atoms with E-state index in [-0.39, 0.29) is 0 Å². The van der Waals surface area contributed by atoms with E-state index < -0.39 is 0 Å². The second-order valence-corrected chi connectivity index (χ2v) is 11.7. The summed E-state index contributed by atoms with van der Waals surface area (Å²) in [5, 5.41) is 1.00. The Labute approximate surface area is 265 Å². The van der Waals surface area contributed by atoms with Crippen LogP contribution >= 0.6 is 11.3 Å². The van der Waals surface area contributed by atoms with E-state index in [1.807, 2.05) is 48.5 Å². The molecule has 0 fully saturated rings. The average molecular weight is 595 g/mol. The van der Waals surface area contributed by atoms with Crippen molar-refractivity contribution in [1.82, 2.24) is 19.9 Å². The highest BCUT2D eigenvalue weighted by Crippen LogP contribution is 2.40. The van der Waals surface area contributed by atoms with Crippen LogP contribution in [0.25, 0.3) is 77.2 Å². The number of fused-ring (bicyclic) bond motifs is 1. The Morgan fingerprint density at radius 2 is 0.778 bits per heavy atom. The van der Waals surface area contributed by atoms with E-state index in [0.29, 0.717) is 17.5 Å². The summed E-state index contributed by atoms with van der Waals surface area (Å²) in [7, 11) is 0. The maximum atomic E-state index is 5.09. The van der Waals surface area contributed by atoms with Crippen LogP contribution in [0.2, 0.25) is 0 Å². The molecule has 0 atom stereocenters. The predicted octanol–water partition coefficient (Wildman–Crippen LogP) is 10.5. The highest BCUT2D eigenvalue weighted by atomic mass is 32.1. The molecule has 0 aliphatic rings. The van der Waals surface area contributed by atoms with E-state index in [9.17, 15) is 0 Å². The molecule has 5 heteroatoms. The average Bonchev–Trinajstić information content (AvgIpc) is 3.58. The molecular weight excluding hydrogens is 569 g/mol. The van der Waals surface area contributed by atoms with Crippen LogP contribution < -0.4 is 0 Å². The minimum Gasteiger partial charge on any atom is -0.236 e. The topological polar surface area (TPSA) is 51.6 Å². The first-order valence-corrected chi connectivity index (χ1v) is 15.6. The van der Waals surface area contributed by atoms with E-state index in [4.69, 9.17) is 19.9 Å². The van der Waals surface area contributed by atoms with E-state index in [0.717, 1.165) is 54.2 Å². The van der Waals surface area contributed by atoms with Crippen molar-refractivity contribution in [3.63, 3.8) is 0 Å². The monoisotopic (exact) mass is 594 g/mol. The summed E-state index contributed by atoms with van der Waals surface area (Å²) >= 11 is 1.71. The van der Waals surface area contributed by atoms with Crippen molar-refractivity contribution < 1.29 is 0 Å². The fourth-order valence-corrected chi connectivity index (χ4v) is 6.66. The zero-order valence-electron chi connectivity index (χ0n) is 24.2. The summed E-state index contributed by atoms with van der Waals surface area (Å²) in [5.41, 5.74) is 9.41. The van der Waals surface area contributed by atoms with Crippen LogP contribution in [0.15, 0.2) is 158 Å². The third-order valence-electron chi connectivity index (χ3n) is 7.81. The van der Waals surface area contributed by atoms with Gasteiger partial charge in [0.1, 0.15) is 5.01 Å². The number of aromatic nitrogens is 4. The van der Waals surface area contributed by atoms with E-state index >= 15 is 0 Å². The van der Waals surface area contributed by atoms with Gasteiger partial charge < -0.3 is 0 Å². The second kappa shape index (κ2) is 11.7. The lowest BCUT2D eigenvalue weighted by atomic mass is 9.98. The molecule has 2 heterocycles. The normalized spacial score (nSPS) is 11.1. The molecule has 45 heavy (non-hydrogen) atoms. The van der Waals surface area contributed by atoms with Crippen LogP contribution in [0, 0.1) is 0 Å². The third-order valence-corrected chi connectivity index (χ3v) is 8.96. The smallest absolute Gasteiger partial charge is 0.164 e. The van der Waals surface area contributed by atoms with Gasteiger partial charge in [0.25, 0.3) is 0 Å². The molecule has 8 rings (SSSR count). The van der Waals surface area contributed by atoms with Crippen LogP contribution in [0.5, 0.6) is 0 Å². The summed E-state index contributed by atoms with van der Waals surface area (Å²) in [4.78, 5) is 20.1. The molecule has 0 bridgehead atoms. The molecule has 0 saturated heterocycles. The Morgan fingerprint density at radius 1 is 0.311 bits per heavy atom. The highest BCUT2D eigenvalue weighted by molar-refractivity contribution is 7.22. The standard InChI is InChI=1S/C40H26N4S/c1-4-13-27(14-5-1)28-23-25-30(26-24-28)38-42-37(29-15-6-2-7-16-29)43-39(44-38)34-20-11-10-19-32(34)33-21-12-22-35-36(33)45-40(41-35)31-17-8-3-9-18-31/h1-26H. The molecule has 212 valence electrons. The van der Waals surface area contributed by atoms with Gasteiger partial charge in [0.2, 0.25) is 0 Å². The lowest BCUT2D eigenvalue weighted by Crippen LogP contribution is -2.01. The van der Waals surface area contributed by atoms with Gasteiger partial charge in [-0.25, -0.2) is 19.9 Å². The Kier molecular flexibility index (Phi) is 6.98. The van der Waals surface area contributed by atoms with Crippen LogP contribution in [0.3, 0.4) is 0 Å². The number of benzene rings is 6. The summed E-state index contributed by atoms with van der Waals surface area (Å²) in [5.74, 6) is 1.90. The van der Waals surface area contributed by atoms with Crippen LogP contribution in [-0.4, -0.2) is 19.9 Å². The first-order chi connectivity index (χ1) is 22.3. The number of thiazole rings is 1. The number of nitrogens with zero attached hydrogens (tertiary/aromatic N) is 4. The minimum absolute atomic E-state index is 0.631. The summed E-state index contributed by atoms with van der Waals surface area (Å²) in [6, 6.07) is 53.9. The van der Waals surface area contributed by atoms with Crippen molar-refractivity contribution in [1.29, 1.82) is 0 Å². The quantitative estimate of drug-likeness (QED) is 0.192. The maximum Gasteiger partial charge on any atom is 0.164 e. The molecular formula is C40H26N4S. The molecule has 0 aliphatic carbocycles. The third kappa shape index (κ3) is 5.30. The van der Waals surface area contributed by atoms with Crippen molar-refractivity contribution in [2.45, 2.75) is 0 Å².